The van der Waals surface area contributed by atoms with Crippen LogP contribution in [-0.2, 0) is 0 Å². The number of hydrogen-bond acceptors (Lipinski definition) is 0. The molecule has 0 aromatic carbocycles. The van der Waals surface area contributed by atoms with E-state index in [4.69, 9.17) is 0 Å². The van der Waals surface area contributed by atoms with Crippen molar-refractivity contribution in [1.29, 1.82) is 0 Å². The van der Waals surface area contributed by atoms with Crippen molar-refractivity contribution < 1.29 is 0 Å². The maximum atomic E-state index is 3.93. The van der Waals surface area contributed by atoms with Crippen molar-refractivity contribution in [2.45, 2.75) is 225 Å². The van der Waals surface area contributed by atoms with Gasteiger partial charge in [-0.15, -0.1) is 0 Å². The molecule has 0 heteroatoms. The topological polar surface area (TPSA) is 0 Å². The second-order valence-corrected chi connectivity index (χ2v) is 12.4. The summed E-state index contributed by atoms with van der Waals surface area (Å²) in [7, 11) is 0. The van der Waals surface area contributed by atoms with E-state index in [-0.39, 0.29) is 0 Å². The molecule has 0 aliphatic rings. The number of rotatable bonds is 34. The van der Waals surface area contributed by atoms with E-state index >= 15 is 0 Å². The van der Waals surface area contributed by atoms with E-state index in [1.54, 1.807) is 0 Å². The molecule has 0 atom stereocenters. The van der Waals surface area contributed by atoms with Gasteiger partial charge in [-0.2, -0.15) is 0 Å². The zero-order valence-electron chi connectivity index (χ0n) is 26.2. The van der Waals surface area contributed by atoms with E-state index in [2.05, 4.69) is 13.8 Å². The quantitative estimate of drug-likeness (QED) is 0.0743. The first-order chi connectivity index (χ1) is 18.4. The van der Waals surface area contributed by atoms with E-state index in [0.717, 1.165) is 12.8 Å². The zero-order valence-corrected chi connectivity index (χ0v) is 26.2. The minimum atomic E-state index is 1.12. The van der Waals surface area contributed by atoms with Crippen LogP contribution in [-0.4, -0.2) is 0 Å². The summed E-state index contributed by atoms with van der Waals surface area (Å²) in [5.41, 5.74) is 0. The van der Waals surface area contributed by atoms with Crippen LogP contribution in [0, 0.1) is 13.8 Å². The molecule has 0 aliphatic carbocycles. The maximum Gasteiger partial charge on any atom is -0.0533 e. The highest BCUT2D eigenvalue weighted by atomic mass is 14.0. The minimum absolute atomic E-state index is 1.12. The molecule has 0 N–H and O–H groups in total. The van der Waals surface area contributed by atoms with E-state index in [0.29, 0.717) is 0 Å². The molecule has 0 aromatic rings. The van der Waals surface area contributed by atoms with Crippen LogP contribution in [0.2, 0.25) is 0 Å². The smallest absolute Gasteiger partial charge is 0.0533 e. The molecular weight excluding hydrogens is 444 g/mol. The number of hydrogen-bond donors (Lipinski definition) is 0. The SMILES string of the molecule is [CH2]CCCCCCCCCCCCCCCCCCCCCCCCCCCCCCCCCCC[CH2]. The van der Waals surface area contributed by atoms with Crippen molar-refractivity contribution >= 4 is 0 Å². The lowest BCUT2D eigenvalue weighted by Crippen LogP contribution is -1.85. The Hall–Kier alpha value is 0. The van der Waals surface area contributed by atoms with Crippen molar-refractivity contribution in [3.8, 4) is 0 Å². The summed E-state index contributed by atoms with van der Waals surface area (Å²) in [5, 5.41) is 0. The highest BCUT2D eigenvalue weighted by Gasteiger charge is 1.97. The normalized spacial score (nSPS) is 11.5. The summed E-state index contributed by atoms with van der Waals surface area (Å²) in [6.45, 7) is 7.85. The van der Waals surface area contributed by atoms with Crippen LogP contribution in [0.5, 0.6) is 0 Å². The fraction of sp³-hybridized carbons (Fsp3) is 0.946. The maximum absolute atomic E-state index is 3.93. The second-order valence-electron chi connectivity index (χ2n) is 12.4. The summed E-state index contributed by atoms with van der Waals surface area (Å²) >= 11 is 0. The van der Waals surface area contributed by atoms with Gasteiger partial charge in [0, 0.05) is 0 Å². The summed E-state index contributed by atoms with van der Waals surface area (Å²) in [4.78, 5) is 0. The predicted octanol–water partition coefficient (Wildman–Crippen LogP) is 14.3. The molecule has 0 spiro atoms. The largest absolute Gasteiger partial charge is 0.0533 e. The van der Waals surface area contributed by atoms with Gasteiger partial charge in [-0.1, -0.05) is 239 Å². The Balaban J connectivity index is 3.00. The van der Waals surface area contributed by atoms with Gasteiger partial charge in [-0.05, 0) is 0 Å². The summed E-state index contributed by atoms with van der Waals surface area (Å²) < 4.78 is 0. The fourth-order valence-corrected chi connectivity index (χ4v) is 5.83. The lowest BCUT2D eigenvalue weighted by atomic mass is 10.0. The van der Waals surface area contributed by atoms with Gasteiger partial charge >= 0.3 is 0 Å². The van der Waals surface area contributed by atoms with E-state index in [1.807, 2.05) is 0 Å². The molecular formula is C37H74. The number of unbranched alkanes of at least 4 members (excludes halogenated alkanes) is 34. The lowest BCUT2D eigenvalue weighted by Gasteiger charge is -2.05. The molecule has 0 fully saturated rings. The lowest BCUT2D eigenvalue weighted by molar-refractivity contribution is 0.511. The van der Waals surface area contributed by atoms with Crippen molar-refractivity contribution in [2.24, 2.45) is 0 Å². The standard InChI is InChI=1S/C37H74/c1-3-5-7-9-11-13-15-17-19-21-23-25-27-29-31-33-35-37-36-34-32-30-28-26-24-22-20-18-16-14-12-10-8-6-4-2/h1-37H2. The molecule has 2 radical (unpaired) electrons. The Kier molecular flexibility index (Phi) is 36.0. The molecule has 0 aromatic heterocycles. The van der Waals surface area contributed by atoms with Gasteiger partial charge in [0.05, 0.1) is 0 Å². The average molecular weight is 519 g/mol. The molecule has 0 saturated carbocycles. The van der Waals surface area contributed by atoms with Crippen molar-refractivity contribution in [3.63, 3.8) is 0 Å². The Bertz CT molecular complexity index is 325. The van der Waals surface area contributed by atoms with Crippen LogP contribution in [0.3, 0.4) is 0 Å². The predicted molar refractivity (Wildman–Crippen MR) is 172 cm³/mol. The van der Waals surface area contributed by atoms with Crippen LogP contribution in [0.25, 0.3) is 0 Å². The molecule has 0 rings (SSSR count). The Labute approximate surface area is 238 Å². The third kappa shape index (κ3) is 36.0. The van der Waals surface area contributed by atoms with Gasteiger partial charge in [-0.25, -0.2) is 0 Å². The monoisotopic (exact) mass is 519 g/mol. The molecule has 222 valence electrons. The van der Waals surface area contributed by atoms with Crippen LogP contribution in [0.15, 0.2) is 0 Å². The minimum Gasteiger partial charge on any atom is -0.0533 e. The van der Waals surface area contributed by atoms with Gasteiger partial charge in [0.2, 0.25) is 0 Å². The van der Waals surface area contributed by atoms with E-state index in [9.17, 15) is 0 Å². The summed E-state index contributed by atoms with van der Waals surface area (Å²) in [6, 6.07) is 0. The first kappa shape index (κ1) is 37.0. The van der Waals surface area contributed by atoms with Gasteiger partial charge in [0.15, 0.2) is 0 Å². The molecule has 0 saturated heterocycles. The molecule has 0 unspecified atom stereocenters. The Morgan fingerprint density at radius 1 is 0.135 bits per heavy atom. The molecule has 0 heterocycles. The third-order valence-electron chi connectivity index (χ3n) is 8.50. The average Bonchev–Trinajstić information content (AvgIpc) is 2.91. The molecule has 0 bridgehead atoms. The van der Waals surface area contributed by atoms with Crippen LogP contribution in [0.1, 0.15) is 225 Å². The van der Waals surface area contributed by atoms with Gasteiger partial charge in [0.25, 0.3) is 0 Å². The Morgan fingerprint density at radius 2 is 0.216 bits per heavy atom. The molecule has 37 heavy (non-hydrogen) atoms. The van der Waals surface area contributed by atoms with Crippen molar-refractivity contribution in [1.82, 2.24) is 0 Å². The van der Waals surface area contributed by atoms with Crippen molar-refractivity contribution in [3.05, 3.63) is 13.8 Å². The highest BCUT2D eigenvalue weighted by Crippen LogP contribution is 2.17. The van der Waals surface area contributed by atoms with Crippen molar-refractivity contribution in [2.75, 3.05) is 0 Å². The second kappa shape index (κ2) is 36.0. The third-order valence-corrected chi connectivity index (χ3v) is 8.50. The van der Waals surface area contributed by atoms with Crippen LogP contribution >= 0.6 is 0 Å². The molecule has 0 nitrogen and oxygen atoms in total. The highest BCUT2D eigenvalue weighted by molar-refractivity contribution is 4.53. The fourth-order valence-electron chi connectivity index (χ4n) is 5.83. The Morgan fingerprint density at radius 3 is 0.297 bits per heavy atom. The van der Waals surface area contributed by atoms with Gasteiger partial charge in [0.1, 0.15) is 0 Å². The van der Waals surface area contributed by atoms with E-state index < -0.39 is 0 Å². The first-order valence-electron chi connectivity index (χ1n) is 18.0. The summed E-state index contributed by atoms with van der Waals surface area (Å²) in [5.74, 6) is 0. The van der Waals surface area contributed by atoms with E-state index in [1.165, 1.54) is 212 Å². The zero-order chi connectivity index (χ0) is 26.7. The van der Waals surface area contributed by atoms with Crippen LogP contribution < -0.4 is 0 Å². The molecule has 0 aliphatic heterocycles. The molecule has 0 amide bonds. The summed E-state index contributed by atoms with van der Waals surface area (Å²) in [6.07, 6.45) is 50.6. The van der Waals surface area contributed by atoms with Crippen LogP contribution in [0.4, 0.5) is 0 Å². The first-order valence-corrected chi connectivity index (χ1v) is 18.0. The van der Waals surface area contributed by atoms with Gasteiger partial charge < -0.3 is 0 Å². The van der Waals surface area contributed by atoms with Gasteiger partial charge in [-0.3, -0.25) is 0 Å².